The fraction of sp³-hybridized carbons (Fsp3) is 0.238. The Bertz CT molecular complexity index is 882. The molecule has 0 radical (unpaired) electrons. The summed E-state index contributed by atoms with van der Waals surface area (Å²) in [5.74, 6) is 0.849. The molecule has 4 rings (SSSR count). The van der Waals surface area contributed by atoms with Crippen LogP contribution in [0.2, 0.25) is 0 Å². The standard InChI is InChI=1S/C21H22N4O/c1-26-19-7-5-17(6-8-19)21(10-9-20(22)25-21)18-4-2-3-15(11-18)16-12-23-14-24-13-16/h2-8,11-14,20,25H,9-10,22H2,1H3/t20?,21-/m1/s1. The topological polar surface area (TPSA) is 73.1 Å². The minimum Gasteiger partial charge on any atom is -0.497 e. The van der Waals surface area contributed by atoms with Crippen molar-refractivity contribution in [2.75, 3.05) is 7.11 Å². The Morgan fingerprint density at radius 2 is 1.81 bits per heavy atom. The lowest BCUT2D eigenvalue weighted by Gasteiger charge is -2.32. The first-order chi connectivity index (χ1) is 12.7. The lowest BCUT2D eigenvalue weighted by Crippen LogP contribution is -2.44. The van der Waals surface area contributed by atoms with Crippen LogP contribution in [0.25, 0.3) is 11.1 Å². The van der Waals surface area contributed by atoms with Crippen molar-refractivity contribution >= 4 is 0 Å². The molecule has 1 aromatic heterocycles. The molecule has 2 atom stereocenters. The predicted octanol–water partition coefficient (Wildman–Crippen LogP) is 3.06. The van der Waals surface area contributed by atoms with E-state index in [0.29, 0.717) is 0 Å². The summed E-state index contributed by atoms with van der Waals surface area (Å²) in [5, 5.41) is 3.62. The molecule has 1 fully saturated rings. The third-order valence-corrected chi connectivity index (χ3v) is 5.09. The molecular formula is C21H22N4O. The van der Waals surface area contributed by atoms with E-state index in [9.17, 15) is 0 Å². The molecular weight excluding hydrogens is 324 g/mol. The first-order valence-corrected chi connectivity index (χ1v) is 8.75. The number of nitrogens with zero attached hydrogens (tertiary/aromatic N) is 2. The van der Waals surface area contributed by atoms with Crippen molar-refractivity contribution in [2.45, 2.75) is 24.5 Å². The predicted molar refractivity (Wildman–Crippen MR) is 102 cm³/mol. The number of aromatic nitrogens is 2. The number of methoxy groups -OCH3 is 1. The molecule has 0 amide bonds. The van der Waals surface area contributed by atoms with Gasteiger partial charge in [-0.15, -0.1) is 0 Å². The summed E-state index contributed by atoms with van der Waals surface area (Å²) in [6, 6.07) is 16.7. The van der Waals surface area contributed by atoms with Gasteiger partial charge in [-0.2, -0.15) is 0 Å². The first kappa shape index (κ1) is 16.7. The maximum Gasteiger partial charge on any atom is 0.118 e. The molecule has 5 heteroatoms. The van der Waals surface area contributed by atoms with Crippen molar-refractivity contribution in [3.05, 3.63) is 78.4 Å². The van der Waals surface area contributed by atoms with E-state index in [0.717, 1.165) is 29.7 Å². The van der Waals surface area contributed by atoms with Crippen LogP contribution in [0.4, 0.5) is 0 Å². The summed E-state index contributed by atoms with van der Waals surface area (Å²) < 4.78 is 5.31. The van der Waals surface area contributed by atoms with Gasteiger partial charge < -0.3 is 10.5 Å². The van der Waals surface area contributed by atoms with Gasteiger partial charge in [-0.05, 0) is 47.7 Å². The Hall–Kier alpha value is -2.76. The molecule has 2 heterocycles. The summed E-state index contributed by atoms with van der Waals surface area (Å²) in [6.07, 6.45) is 7.05. The van der Waals surface area contributed by atoms with Gasteiger partial charge in [0.1, 0.15) is 12.1 Å². The Kier molecular flexibility index (Phi) is 4.41. The molecule has 3 N–H and O–H groups in total. The lowest BCUT2D eigenvalue weighted by atomic mass is 9.81. The molecule has 1 unspecified atom stereocenters. The highest BCUT2D eigenvalue weighted by Gasteiger charge is 2.40. The highest BCUT2D eigenvalue weighted by atomic mass is 16.5. The van der Waals surface area contributed by atoms with E-state index in [1.165, 1.54) is 11.1 Å². The van der Waals surface area contributed by atoms with Crippen LogP contribution in [0.5, 0.6) is 5.75 Å². The fourth-order valence-electron chi connectivity index (χ4n) is 3.74. The highest BCUT2D eigenvalue weighted by molar-refractivity contribution is 5.63. The first-order valence-electron chi connectivity index (χ1n) is 8.75. The molecule has 5 nitrogen and oxygen atoms in total. The average molecular weight is 346 g/mol. The minimum atomic E-state index is -0.308. The Morgan fingerprint density at radius 1 is 1.04 bits per heavy atom. The third kappa shape index (κ3) is 2.96. The molecule has 0 bridgehead atoms. The number of nitrogens with one attached hydrogen (secondary N) is 1. The van der Waals surface area contributed by atoms with E-state index in [1.807, 2.05) is 24.5 Å². The van der Waals surface area contributed by atoms with E-state index < -0.39 is 0 Å². The zero-order valence-electron chi connectivity index (χ0n) is 14.7. The maximum atomic E-state index is 6.23. The van der Waals surface area contributed by atoms with E-state index in [2.05, 4.69) is 51.7 Å². The molecule has 0 spiro atoms. The van der Waals surface area contributed by atoms with Gasteiger partial charge in [-0.3, -0.25) is 5.32 Å². The largest absolute Gasteiger partial charge is 0.497 e. The molecule has 1 aliphatic rings. The smallest absolute Gasteiger partial charge is 0.118 e. The highest BCUT2D eigenvalue weighted by Crippen LogP contribution is 2.40. The molecule has 2 aromatic carbocycles. The summed E-state index contributed by atoms with van der Waals surface area (Å²) in [5.41, 5.74) is 10.4. The van der Waals surface area contributed by atoms with Crippen molar-refractivity contribution in [3.8, 4) is 16.9 Å². The van der Waals surface area contributed by atoms with E-state index >= 15 is 0 Å². The summed E-state index contributed by atoms with van der Waals surface area (Å²) in [7, 11) is 1.68. The van der Waals surface area contributed by atoms with Crippen LogP contribution in [-0.2, 0) is 5.54 Å². The zero-order chi connectivity index (χ0) is 18.0. The minimum absolute atomic E-state index is 0.0270. The van der Waals surface area contributed by atoms with Gasteiger partial charge in [-0.1, -0.05) is 30.3 Å². The van der Waals surface area contributed by atoms with Crippen LogP contribution in [0, 0.1) is 0 Å². The van der Waals surface area contributed by atoms with Crippen molar-refractivity contribution in [1.29, 1.82) is 0 Å². The van der Waals surface area contributed by atoms with Crippen molar-refractivity contribution in [3.63, 3.8) is 0 Å². The molecule has 1 saturated heterocycles. The van der Waals surface area contributed by atoms with Crippen LogP contribution in [0.15, 0.2) is 67.3 Å². The van der Waals surface area contributed by atoms with E-state index in [4.69, 9.17) is 10.5 Å². The summed E-state index contributed by atoms with van der Waals surface area (Å²) in [6.45, 7) is 0. The third-order valence-electron chi connectivity index (χ3n) is 5.09. The fourth-order valence-corrected chi connectivity index (χ4v) is 3.74. The normalized spacial score (nSPS) is 22.3. The van der Waals surface area contributed by atoms with Crippen LogP contribution < -0.4 is 15.8 Å². The van der Waals surface area contributed by atoms with Crippen LogP contribution in [0.3, 0.4) is 0 Å². The lowest BCUT2D eigenvalue weighted by molar-refractivity contribution is 0.412. The number of nitrogens with two attached hydrogens (primary N) is 1. The van der Waals surface area contributed by atoms with Gasteiger partial charge >= 0.3 is 0 Å². The quantitative estimate of drug-likeness (QED) is 0.759. The second-order valence-corrected chi connectivity index (χ2v) is 6.63. The van der Waals surface area contributed by atoms with E-state index in [1.54, 1.807) is 13.4 Å². The van der Waals surface area contributed by atoms with Gasteiger partial charge in [-0.25, -0.2) is 9.97 Å². The zero-order valence-corrected chi connectivity index (χ0v) is 14.7. The summed E-state index contributed by atoms with van der Waals surface area (Å²) >= 11 is 0. The number of benzene rings is 2. The Morgan fingerprint density at radius 3 is 2.46 bits per heavy atom. The monoisotopic (exact) mass is 346 g/mol. The number of rotatable bonds is 4. The van der Waals surface area contributed by atoms with Crippen LogP contribution in [-0.4, -0.2) is 23.2 Å². The average Bonchev–Trinajstić information content (AvgIpc) is 3.12. The Balaban J connectivity index is 1.80. The molecule has 3 aromatic rings. The van der Waals surface area contributed by atoms with Crippen LogP contribution >= 0.6 is 0 Å². The van der Waals surface area contributed by atoms with Gasteiger partial charge in [0.05, 0.1) is 18.8 Å². The van der Waals surface area contributed by atoms with Gasteiger partial charge in [0, 0.05) is 18.0 Å². The Labute approximate surface area is 153 Å². The summed E-state index contributed by atoms with van der Waals surface area (Å²) in [4.78, 5) is 8.27. The maximum absolute atomic E-state index is 6.23. The van der Waals surface area contributed by atoms with Crippen molar-refractivity contribution < 1.29 is 4.74 Å². The molecule has 0 aliphatic carbocycles. The number of hydrogen-bond acceptors (Lipinski definition) is 5. The molecule has 1 aliphatic heterocycles. The number of hydrogen-bond donors (Lipinski definition) is 2. The molecule has 0 saturated carbocycles. The number of ether oxygens (including phenoxy) is 1. The van der Waals surface area contributed by atoms with Crippen molar-refractivity contribution in [1.82, 2.24) is 15.3 Å². The second kappa shape index (κ2) is 6.86. The van der Waals surface area contributed by atoms with Gasteiger partial charge in [0.25, 0.3) is 0 Å². The van der Waals surface area contributed by atoms with Gasteiger partial charge in [0.2, 0.25) is 0 Å². The van der Waals surface area contributed by atoms with E-state index in [-0.39, 0.29) is 11.7 Å². The SMILES string of the molecule is COc1ccc([C@@]2(c3cccc(-c4cncnc4)c3)CCC(N)N2)cc1. The van der Waals surface area contributed by atoms with Gasteiger partial charge in [0.15, 0.2) is 0 Å². The molecule has 132 valence electrons. The van der Waals surface area contributed by atoms with Crippen LogP contribution in [0.1, 0.15) is 24.0 Å². The second-order valence-electron chi connectivity index (χ2n) is 6.63. The van der Waals surface area contributed by atoms with Crippen molar-refractivity contribution in [2.24, 2.45) is 5.73 Å². The molecule has 26 heavy (non-hydrogen) atoms.